The molecular formula is C20H23N3O3. The molecule has 0 aromatic heterocycles. The summed E-state index contributed by atoms with van der Waals surface area (Å²) in [5.41, 5.74) is 5.07. The highest BCUT2D eigenvalue weighted by Gasteiger charge is 2.29. The number of nitrogens with one attached hydrogen (secondary N) is 3. The maximum Gasteiger partial charge on any atom is 0.339 e. The highest BCUT2D eigenvalue weighted by molar-refractivity contribution is 5.94. The lowest BCUT2D eigenvalue weighted by Gasteiger charge is -2.15. The van der Waals surface area contributed by atoms with Gasteiger partial charge >= 0.3 is 6.03 Å². The third kappa shape index (κ3) is 5.32. The molecule has 2 aromatic rings. The second-order valence-corrected chi connectivity index (χ2v) is 6.46. The fourth-order valence-electron chi connectivity index (χ4n) is 2.51. The topological polar surface area (TPSA) is 79.5 Å². The molecule has 0 heterocycles. The quantitative estimate of drug-likeness (QED) is 0.666. The highest BCUT2D eigenvalue weighted by Crippen LogP contribution is 2.30. The summed E-state index contributed by atoms with van der Waals surface area (Å²) >= 11 is 0. The molecule has 3 rings (SSSR count). The first-order valence-electron chi connectivity index (χ1n) is 8.75. The van der Waals surface area contributed by atoms with Gasteiger partial charge in [-0.3, -0.25) is 9.63 Å². The number of hydrogen-bond acceptors (Lipinski definition) is 3. The van der Waals surface area contributed by atoms with E-state index in [1.807, 2.05) is 61.5 Å². The van der Waals surface area contributed by atoms with Crippen LogP contribution >= 0.6 is 0 Å². The summed E-state index contributed by atoms with van der Waals surface area (Å²) in [7, 11) is 0. The maximum absolute atomic E-state index is 11.9. The second-order valence-electron chi connectivity index (χ2n) is 6.46. The Labute approximate surface area is 152 Å². The summed E-state index contributed by atoms with van der Waals surface area (Å²) in [6.07, 6.45) is 1.96. The molecule has 0 spiro atoms. The van der Waals surface area contributed by atoms with Gasteiger partial charge in [-0.2, -0.15) is 0 Å². The predicted octanol–water partition coefficient (Wildman–Crippen LogP) is 3.53. The van der Waals surface area contributed by atoms with Crippen molar-refractivity contribution in [3.63, 3.8) is 0 Å². The van der Waals surface area contributed by atoms with Crippen LogP contribution in [-0.2, 0) is 16.2 Å². The predicted molar refractivity (Wildman–Crippen MR) is 99.1 cm³/mol. The molecule has 1 aliphatic rings. The third-order valence-corrected chi connectivity index (χ3v) is 4.22. The zero-order chi connectivity index (χ0) is 18.4. The van der Waals surface area contributed by atoms with Crippen molar-refractivity contribution < 1.29 is 14.4 Å². The Morgan fingerprint density at radius 2 is 1.77 bits per heavy atom. The molecule has 0 unspecified atom stereocenters. The molecule has 2 aromatic carbocycles. The fourth-order valence-corrected chi connectivity index (χ4v) is 2.51. The lowest BCUT2D eigenvalue weighted by molar-refractivity contribution is -0.117. The van der Waals surface area contributed by atoms with Crippen LogP contribution in [0.4, 0.5) is 10.5 Å². The summed E-state index contributed by atoms with van der Waals surface area (Å²) in [6, 6.07) is 16.5. The molecule has 1 atom stereocenters. The van der Waals surface area contributed by atoms with E-state index < -0.39 is 6.03 Å². The smallest absolute Gasteiger partial charge is 0.330 e. The van der Waals surface area contributed by atoms with E-state index in [0.717, 1.165) is 29.7 Å². The number of hydroxylamine groups is 1. The van der Waals surface area contributed by atoms with Gasteiger partial charge < -0.3 is 10.6 Å². The maximum atomic E-state index is 11.9. The molecule has 0 aliphatic heterocycles. The van der Waals surface area contributed by atoms with Crippen molar-refractivity contribution in [2.75, 3.05) is 5.32 Å². The van der Waals surface area contributed by atoms with Crippen LogP contribution in [-0.4, -0.2) is 11.9 Å². The van der Waals surface area contributed by atoms with Gasteiger partial charge in [0.1, 0.15) is 0 Å². The largest absolute Gasteiger partial charge is 0.339 e. The Kier molecular flexibility index (Phi) is 5.86. The van der Waals surface area contributed by atoms with Crippen LogP contribution in [0, 0.1) is 5.92 Å². The van der Waals surface area contributed by atoms with E-state index in [1.165, 1.54) is 0 Å². The normalized spacial score (nSPS) is 14.3. The van der Waals surface area contributed by atoms with Crippen LogP contribution in [0.5, 0.6) is 0 Å². The fraction of sp³-hybridized carbons (Fsp3) is 0.300. The van der Waals surface area contributed by atoms with Gasteiger partial charge in [0, 0.05) is 11.6 Å². The molecule has 3 amide bonds. The first-order chi connectivity index (χ1) is 12.6. The van der Waals surface area contributed by atoms with E-state index in [9.17, 15) is 9.59 Å². The van der Waals surface area contributed by atoms with Gasteiger partial charge in [0.25, 0.3) is 0 Å². The number of urea groups is 1. The number of carbonyl (C=O) groups is 2. The second kappa shape index (κ2) is 8.49. The van der Waals surface area contributed by atoms with Crippen LogP contribution in [0.1, 0.15) is 36.9 Å². The van der Waals surface area contributed by atoms with Crippen molar-refractivity contribution in [3.8, 4) is 0 Å². The zero-order valence-electron chi connectivity index (χ0n) is 14.7. The van der Waals surface area contributed by atoms with E-state index in [4.69, 9.17) is 4.84 Å². The standard InChI is InChI=1S/C20H23N3O3/c1-14(21-20(25)23-26-13-15-5-3-2-4-6-15)16-9-11-18(12-10-16)22-19(24)17-7-8-17/h2-6,9-12,14,17H,7-8,13H2,1H3,(H,22,24)(H2,21,23,25)/t14-/m1/s1. The number of carbonyl (C=O) groups excluding carboxylic acids is 2. The molecule has 136 valence electrons. The number of benzene rings is 2. The van der Waals surface area contributed by atoms with Gasteiger partial charge in [0.15, 0.2) is 0 Å². The molecule has 1 fully saturated rings. The van der Waals surface area contributed by atoms with Crippen molar-refractivity contribution in [3.05, 3.63) is 65.7 Å². The van der Waals surface area contributed by atoms with Gasteiger partial charge in [0.2, 0.25) is 5.91 Å². The van der Waals surface area contributed by atoms with Crippen LogP contribution < -0.4 is 16.1 Å². The van der Waals surface area contributed by atoms with Crippen molar-refractivity contribution in [2.45, 2.75) is 32.4 Å². The third-order valence-electron chi connectivity index (χ3n) is 4.22. The SMILES string of the molecule is C[C@@H](NC(=O)NOCc1ccccc1)c1ccc(NC(=O)C2CC2)cc1. The van der Waals surface area contributed by atoms with Crippen LogP contribution in [0.25, 0.3) is 0 Å². The monoisotopic (exact) mass is 353 g/mol. The Bertz CT molecular complexity index is 743. The first-order valence-corrected chi connectivity index (χ1v) is 8.75. The molecule has 1 aliphatic carbocycles. The Balaban J connectivity index is 1.42. The summed E-state index contributed by atoms with van der Waals surface area (Å²) in [4.78, 5) is 28.9. The molecule has 6 heteroatoms. The molecule has 6 nitrogen and oxygen atoms in total. The molecule has 0 bridgehead atoms. The van der Waals surface area contributed by atoms with Crippen molar-refractivity contribution in [2.24, 2.45) is 5.92 Å². The average Bonchev–Trinajstić information content (AvgIpc) is 3.48. The number of rotatable bonds is 7. The van der Waals surface area contributed by atoms with Crippen LogP contribution in [0.2, 0.25) is 0 Å². The minimum absolute atomic E-state index is 0.0823. The van der Waals surface area contributed by atoms with E-state index in [0.29, 0.717) is 6.61 Å². The number of amides is 3. The van der Waals surface area contributed by atoms with Crippen molar-refractivity contribution in [1.29, 1.82) is 0 Å². The lowest BCUT2D eigenvalue weighted by atomic mass is 10.1. The number of hydrogen-bond donors (Lipinski definition) is 3. The Morgan fingerprint density at radius 1 is 1.08 bits per heavy atom. The first kappa shape index (κ1) is 17.9. The number of anilines is 1. The molecular weight excluding hydrogens is 330 g/mol. The molecule has 3 N–H and O–H groups in total. The molecule has 0 saturated heterocycles. The molecule has 1 saturated carbocycles. The minimum atomic E-state index is -0.403. The van der Waals surface area contributed by atoms with Crippen molar-refractivity contribution >= 4 is 17.6 Å². The van der Waals surface area contributed by atoms with Gasteiger partial charge in [-0.15, -0.1) is 0 Å². The van der Waals surface area contributed by atoms with Crippen molar-refractivity contribution in [1.82, 2.24) is 10.8 Å². The van der Waals surface area contributed by atoms with E-state index >= 15 is 0 Å². The van der Waals surface area contributed by atoms with E-state index in [-0.39, 0.29) is 17.9 Å². The lowest BCUT2D eigenvalue weighted by Crippen LogP contribution is -2.36. The minimum Gasteiger partial charge on any atom is -0.330 e. The highest BCUT2D eigenvalue weighted by atomic mass is 16.7. The van der Waals surface area contributed by atoms with Gasteiger partial charge in [-0.1, -0.05) is 42.5 Å². The van der Waals surface area contributed by atoms with Gasteiger partial charge in [-0.25, -0.2) is 10.3 Å². The van der Waals surface area contributed by atoms with Crippen LogP contribution in [0.15, 0.2) is 54.6 Å². The van der Waals surface area contributed by atoms with Crippen LogP contribution in [0.3, 0.4) is 0 Å². The summed E-state index contributed by atoms with van der Waals surface area (Å²) in [6.45, 7) is 2.19. The average molecular weight is 353 g/mol. The van der Waals surface area contributed by atoms with E-state index in [1.54, 1.807) is 0 Å². The summed E-state index contributed by atoms with van der Waals surface area (Å²) in [5.74, 6) is 0.258. The van der Waals surface area contributed by atoms with Gasteiger partial charge in [0.05, 0.1) is 12.6 Å². The molecule has 0 radical (unpaired) electrons. The Hall–Kier alpha value is -2.86. The Morgan fingerprint density at radius 3 is 2.42 bits per heavy atom. The summed E-state index contributed by atoms with van der Waals surface area (Å²) in [5, 5.41) is 5.70. The van der Waals surface area contributed by atoms with E-state index in [2.05, 4.69) is 16.1 Å². The molecule has 26 heavy (non-hydrogen) atoms. The van der Waals surface area contributed by atoms with Gasteiger partial charge in [-0.05, 0) is 43.0 Å². The zero-order valence-corrected chi connectivity index (χ0v) is 14.7. The summed E-state index contributed by atoms with van der Waals surface area (Å²) < 4.78 is 0.